The van der Waals surface area contributed by atoms with Crippen molar-refractivity contribution in [3.63, 3.8) is 0 Å². The van der Waals surface area contributed by atoms with Crippen molar-refractivity contribution in [2.75, 3.05) is 18.9 Å². The summed E-state index contributed by atoms with van der Waals surface area (Å²) < 4.78 is 52.9. The van der Waals surface area contributed by atoms with Crippen molar-refractivity contribution in [1.82, 2.24) is 10.2 Å². The zero-order valence-corrected chi connectivity index (χ0v) is 15.9. The Balaban J connectivity index is 6.34. The van der Waals surface area contributed by atoms with Crippen LogP contribution in [0.3, 0.4) is 0 Å². The van der Waals surface area contributed by atoms with Gasteiger partial charge < -0.3 is 14.5 Å². The van der Waals surface area contributed by atoms with Gasteiger partial charge in [-0.25, -0.2) is 0 Å². The number of thioether (sulfide) groups is 1. The molecule has 0 aliphatic rings. The molecule has 0 saturated heterocycles. The van der Waals surface area contributed by atoms with E-state index in [4.69, 9.17) is 0 Å². The molecule has 0 aromatic carbocycles. The first kappa shape index (κ1) is 24.2. The monoisotopic (exact) mass is 410 g/mol. The highest BCUT2D eigenvalue weighted by atomic mass is 32.2. The number of carbonyl (C=O) groups excluding carboxylic acids is 2. The minimum atomic E-state index is -5.44. The number of alkyl halides is 3. The summed E-state index contributed by atoms with van der Waals surface area (Å²) in [7, 11) is -5.38. The molecular weight excluding hydrogens is 388 g/mol. The summed E-state index contributed by atoms with van der Waals surface area (Å²) in [6.07, 6.45) is -5.44. The van der Waals surface area contributed by atoms with Crippen LogP contribution >= 0.6 is 19.4 Å². The second-order valence-electron chi connectivity index (χ2n) is 5.08. The lowest BCUT2D eigenvalue weighted by atomic mass is 10.4. The molecule has 1 unspecified atom stereocenters. The average molecular weight is 410 g/mol. The lowest BCUT2D eigenvalue weighted by Gasteiger charge is -2.44. The predicted molar refractivity (Wildman–Crippen MR) is 85.6 cm³/mol. The smallest absolute Gasteiger partial charge is 0.465 e. The highest BCUT2D eigenvalue weighted by Gasteiger charge is 2.59. The fourth-order valence-corrected chi connectivity index (χ4v) is 4.89. The number of carbonyl (C=O) groups is 2. The van der Waals surface area contributed by atoms with Crippen LogP contribution in [-0.2, 0) is 18.9 Å². The number of amides is 1. The van der Waals surface area contributed by atoms with E-state index in [1.165, 1.54) is 27.7 Å². The van der Waals surface area contributed by atoms with Gasteiger partial charge in [0, 0.05) is 6.04 Å². The Morgan fingerprint density at radius 2 is 1.80 bits per heavy atom. The maximum Gasteiger partial charge on any atom is 0.471 e. The summed E-state index contributed by atoms with van der Waals surface area (Å²) in [5.41, 5.74) is 0. The van der Waals surface area contributed by atoms with Gasteiger partial charge in [0.1, 0.15) is 6.54 Å². The molecule has 0 aliphatic carbocycles. The molecule has 3 N–H and O–H groups in total. The lowest BCUT2D eigenvalue weighted by molar-refractivity contribution is -0.189. The standard InChI is InChI=1S/C12H22F3N2O6PS/c1-5-23-9(18)7-17(10(19)11(13,14)15)12(25-6-2,16-8(3)4)24(20,21)22/h8,16H,5-7H2,1-4H3,(H2,20,21,22). The Kier molecular flexibility index (Phi) is 8.92. The number of nitrogens with one attached hydrogen (secondary N) is 1. The topological polar surface area (TPSA) is 116 Å². The maximum absolute atomic E-state index is 13.0. The number of rotatable bonds is 9. The second kappa shape index (κ2) is 9.22. The van der Waals surface area contributed by atoms with E-state index in [2.05, 4.69) is 10.1 Å². The van der Waals surface area contributed by atoms with Gasteiger partial charge in [0.25, 0.3) is 0 Å². The highest BCUT2D eigenvalue weighted by molar-refractivity contribution is 8.06. The summed E-state index contributed by atoms with van der Waals surface area (Å²) in [5.74, 6) is -3.83. The number of hydrogen-bond acceptors (Lipinski definition) is 6. The first-order valence-electron chi connectivity index (χ1n) is 7.24. The number of halogens is 3. The molecule has 0 radical (unpaired) electrons. The summed E-state index contributed by atoms with van der Waals surface area (Å²) >= 11 is 0.395. The van der Waals surface area contributed by atoms with E-state index in [1.807, 2.05) is 0 Å². The third-order valence-corrected chi connectivity index (χ3v) is 5.95. The van der Waals surface area contributed by atoms with Gasteiger partial charge in [-0.2, -0.15) is 13.2 Å². The molecular formula is C12H22F3N2O6PS. The van der Waals surface area contributed by atoms with Gasteiger partial charge >= 0.3 is 25.6 Å². The highest BCUT2D eigenvalue weighted by Crippen LogP contribution is 2.57. The quantitative estimate of drug-likeness (QED) is 0.297. The van der Waals surface area contributed by atoms with Crippen LogP contribution in [0, 0.1) is 0 Å². The predicted octanol–water partition coefficient (Wildman–Crippen LogP) is 1.48. The fourth-order valence-electron chi connectivity index (χ4n) is 1.91. The maximum atomic E-state index is 13.0. The lowest BCUT2D eigenvalue weighted by Crippen LogP contribution is -2.63. The SMILES string of the molecule is CCOC(=O)CN(C(=O)C(F)(F)F)C(NC(C)C)(SCC)P(=O)(O)O. The van der Waals surface area contributed by atoms with Gasteiger partial charge in [-0.15, -0.1) is 11.8 Å². The Morgan fingerprint density at radius 1 is 1.28 bits per heavy atom. The molecule has 0 heterocycles. The normalized spacial score (nSPS) is 15.0. The minimum absolute atomic E-state index is 0.0463. The molecule has 1 amide bonds. The fraction of sp³-hybridized carbons (Fsp3) is 0.833. The van der Waals surface area contributed by atoms with Crippen LogP contribution in [0.1, 0.15) is 27.7 Å². The van der Waals surface area contributed by atoms with E-state index < -0.39 is 43.0 Å². The van der Waals surface area contributed by atoms with E-state index in [0.29, 0.717) is 11.8 Å². The van der Waals surface area contributed by atoms with Crippen LogP contribution in [0.25, 0.3) is 0 Å². The van der Waals surface area contributed by atoms with Gasteiger partial charge in [-0.1, -0.05) is 6.92 Å². The molecule has 1 atom stereocenters. The van der Waals surface area contributed by atoms with Gasteiger partial charge in [0.15, 0.2) is 0 Å². The third kappa shape index (κ3) is 6.45. The Morgan fingerprint density at radius 3 is 2.12 bits per heavy atom. The number of ether oxygens (including phenoxy) is 1. The average Bonchev–Trinajstić information content (AvgIpc) is 2.41. The van der Waals surface area contributed by atoms with Crippen LogP contribution in [0.5, 0.6) is 0 Å². The van der Waals surface area contributed by atoms with Gasteiger partial charge in [0.2, 0.25) is 4.74 Å². The van der Waals surface area contributed by atoms with Crippen molar-refractivity contribution in [3.05, 3.63) is 0 Å². The first-order valence-corrected chi connectivity index (χ1v) is 9.84. The van der Waals surface area contributed by atoms with Crippen molar-refractivity contribution < 1.29 is 41.8 Å². The molecule has 8 nitrogen and oxygen atoms in total. The van der Waals surface area contributed by atoms with E-state index in [-0.39, 0.29) is 17.3 Å². The van der Waals surface area contributed by atoms with Gasteiger partial charge in [-0.05, 0) is 26.5 Å². The largest absolute Gasteiger partial charge is 0.471 e. The van der Waals surface area contributed by atoms with Crippen molar-refractivity contribution in [1.29, 1.82) is 0 Å². The van der Waals surface area contributed by atoms with E-state index in [9.17, 15) is 37.1 Å². The molecule has 0 aliphatic heterocycles. The number of esters is 1. The molecule has 0 saturated carbocycles. The Bertz CT molecular complexity index is 527. The molecule has 0 rings (SSSR count). The van der Waals surface area contributed by atoms with Crippen LogP contribution in [0.15, 0.2) is 0 Å². The van der Waals surface area contributed by atoms with Crippen molar-refractivity contribution in [3.8, 4) is 0 Å². The van der Waals surface area contributed by atoms with Gasteiger partial charge in [-0.3, -0.25) is 24.4 Å². The summed E-state index contributed by atoms with van der Waals surface area (Å²) in [5, 5.41) is 2.33. The van der Waals surface area contributed by atoms with Crippen LogP contribution in [0.2, 0.25) is 0 Å². The second-order valence-corrected chi connectivity index (χ2v) is 8.57. The summed E-state index contributed by atoms with van der Waals surface area (Å²) in [4.78, 5) is 42.8. The summed E-state index contributed by atoms with van der Waals surface area (Å²) in [6.45, 7) is 4.26. The molecule has 0 spiro atoms. The number of hydrogen-bond donors (Lipinski definition) is 3. The number of nitrogens with zero attached hydrogens (tertiary/aromatic N) is 1. The van der Waals surface area contributed by atoms with Crippen LogP contribution in [-0.4, -0.2) is 62.4 Å². The third-order valence-electron chi connectivity index (χ3n) is 2.66. The molecule has 25 heavy (non-hydrogen) atoms. The molecule has 0 aromatic rings. The Hall–Kier alpha value is -0.810. The van der Waals surface area contributed by atoms with Crippen molar-refractivity contribution in [2.24, 2.45) is 0 Å². The van der Waals surface area contributed by atoms with E-state index in [1.54, 1.807) is 0 Å². The first-order chi connectivity index (χ1) is 11.2. The van der Waals surface area contributed by atoms with Crippen LogP contribution in [0.4, 0.5) is 13.2 Å². The molecule has 0 aromatic heterocycles. The molecule has 0 bridgehead atoms. The zero-order chi connectivity index (χ0) is 20.1. The molecule has 148 valence electrons. The van der Waals surface area contributed by atoms with E-state index >= 15 is 0 Å². The van der Waals surface area contributed by atoms with Crippen LogP contribution < -0.4 is 5.32 Å². The Labute approximate surface area is 147 Å². The van der Waals surface area contributed by atoms with Crippen molar-refractivity contribution in [2.45, 2.75) is 44.6 Å². The van der Waals surface area contributed by atoms with Crippen molar-refractivity contribution >= 4 is 31.2 Å². The molecule has 0 fully saturated rings. The van der Waals surface area contributed by atoms with Gasteiger partial charge in [0.05, 0.1) is 6.61 Å². The minimum Gasteiger partial charge on any atom is -0.465 e. The molecule has 13 heteroatoms. The zero-order valence-electron chi connectivity index (χ0n) is 14.2. The van der Waals surface area contributed by atoms with E-state index in [0.717, 1.165) is 0 Å². The summed E-state index contributed by atoms with van der Waals surface area (Å²) in [6, 6.07) is -0.711.